The van der Waals surface area contributed by atoms with Crippen LogP contribution >= 0.6 is 0 Å². The van der Waals surface area contributed by atoms with Crippen molar-refractivity contribution >= 4 is 5.91 Å². The van der Waals surface area contributed by atoms with Crippen molar-refractivity contribution in [3.8, 4) is 142 Å². The number of carbonyl (C=O) groups is 1. The zero-order valence-corrected chi connectivity index (χ0v) is 34.4. The van der Waals surface area contributed by atoms with Gasteiger partial charge in [-0.1, -0.05) is 89.9 Å². The van der Waals surface area contributed by atoms with Gasteiger partial charge in [-0.3, -0.25) is 4.79 Å². The standard InChI is InChI=1S/C51H53NO8/c1-3-5-7-9-11-13-15-17-18-19-20-21-22-23-24-25-26-27-29-31-33-35-37-39-47(55)52-44(42-60-46-40-43(41-53)48(56)51(59)50(46)58)49(57)45(54)38-36-34-32-30-28-16-14-12-10-8-6-4-2/h43-46,48-51,53-54,56-59H,4,6,8,10,12,14,16,28,30,32,34,36,38,40-42H2,1-2H3,(H,52,55)/t43?,44-,45+,46-,48-,49-,50?,51-/m0/s1. The Morgan fingerprint density at radius 2 is 0.983 bits per heavy atom. The molecule has 1 aliphatic rings. The molecular weight excluding hydrogens is 755 g/mol. The van der Waals surface area contributed by atoms with Gasteiger partial charge in [-0.25, -0.2) is 0 Å². The monoisotopic (exact) mass is 807 g/mol. The van der Waals surface area contributed by atoms with Gasteiger partial charge in [0.15, 0.2) is 0 Å². The van der Waals surface area contributed by atoms with E-state index < -0.39 is 61.1 Å². The molecule has 0 bridgehead atoms. The molecule has 310 valence electrons. The second kappa shape index (κ2) is 36.0. The van der Waals surface area contributed by atoms with Gasteiger partial charge < -0.3 is 40.7 Å². The van der Waals surface area contributed by atoms with E-state index in [9.17, 15) is 35.4 Å². The van der Waals surface area contributed by atoms with Gasteiger partial charge >= 0.3 is 0 Å². The topological polar surface area (TPSA) is 160 Å². The summed E-state index contributed by atoms with van der Waals surface area (Å²) in [7, 11) is 0. The van der Waals surface area contributed by atoms with Gasteiger partial charge in [-0.05, 0) is 114 Å². The van der Waals surface area contributed by atoms with Crippen molar-refractivity contribution in [2.24, 2.45) is 5.92 Å². The molecule has 0 heterocycles. The molecule has 1 fully saturated rings. The van der Waals surface area contributed by atoms with Crippen LogP contribution in [0.15, 0.2) is 0 Å². The summed E-state index contributed by atoms with van der Waals surface area (Å²) in [6.45, 7) is 3.09. The summed E-state index contributed by atoms with van der Waals surface area (Å²) in [6, 6.07) is -1.15. The molecule has 1 saturated carbocycles. The Bertz CT molecular complexity index is 2140. The molecule has 9 nitrogen and oxygen atoms in total. The number of amides is 1. The van der Waals surface area contributed by atoms with E-state index in [-0.39, 0.29) is 19.4 Å². The summed E-state index contributed by atoms with van der Waals surface area (Å²) in [5, 5.41) is 64.9. The van der Waals surface area contributed by atoms with Crippen LogP contribution in [0.3, 0.4) is 0 Å². The van der Waals surface area contributed by atoms with Crippen molar-refractivity contribution < 1.29 is 40.2 Å². The predicted molar refractivity (Wildman–Crippen MR) is 232 cm³/mol. The molecule has 0 aromatic rings. The first-order valence-corrected chi connectivity index (χ1v) is 20.1. The Morgan fingerprint density at radius 1 is 0.583 bits per heavy atom. The molecule has 7 N–H and O–H groups in total. The van der Waals surface area contributed by atoms with Gasteiger partial charge in [0.05, 0.1) is 31.0 Å². The number of rotatable bonds is 20. The number of hydrogen-bond acceptors (Lipinski definition) is 8. The van der Waals surface area contributed by atoms with Crippen LogP contribution in [0.25, 0.3) is 0 Å². The normalized spacial score (nSPS) is 17.8. The Morgan fingerprint density at radius 3 is 1.40 bits per heavy atom. The lowest BCUT2D eigenvalue weighted by Crippen LogP contribution is -2.57. The van der Waals surface area contributed by atoms with Gasteiger partial charge in [-0.2, -0.15) is 0 Å². The lowest BCUT2D eigenvalue weighted by molar-refractivity contribution is -0.182. The first-order valence-electron chi connectivity index (χ1n) is 20.1. The second-order valence-corrected chi connectivity index (χ2v) is 13.5. The van der Waals surface area contributed by atoms with Gasteiger partial charge in [-0.15, -0.1) is 0 Å². The fourth-order valence-electron chi connectivity index (χ4n) is 5.69. The third kappa shape index (κ3) is 26.0. The van der Waals surface area contributed by atoms with E-state index in [0.29, 0.717) is 6.42 Å². The SMILES string of the molecule is CC#CC#CC#CC#CC#CC#CC#CC#CC#CC#CC#CC#CC(=O)N[C@@H](CO[C@H]1CC(CO)[C@H](O)[C@H](O)C1O)[C@H](O)[C@H](O)CCCCCCCCCCCCCC. The third-order valence-electron chi connectivity index (χ3n) is 8.91. The van der Waals surface area contributed by atoms with Crippen molar-refractivity contribution in [3.63, 3.8) is 0 Å². The summed E-state index contributed by atoms with van der Waals surface area (Å²) in [4.78, 5) is 12.7. The molecule has 0 aromatic heterocycles. The highest BCUT2D eigenvalue weighted by Gasteiger charge is 2.43. The van der Waals surface area contributed by atoms with Crippen molar-refractivity contribution in [1.82, 2.24) is 5.32 Å². The van der Waals surface area contributed by atoms with Crippen molar-refractivity contribution in [3.05, 3.63) is 0 Å². The number of aliphatic hydroxyl groups excluding tert-OH is 6. The van der Waals surface area contributed by atoms with E-state index in [4.69, 9.17) is 4.74 Å². The van der Waals surface area contributed by atoms with Crippen LogP contribution in [0.5, 0.6) is 0 Å². The van der Waals surface area contributed by atoms with E-state index in [2.05, 4.69) is 154 Å². The zero-order valence-electron chi connectivity index (χ0n) is 34.4. The number of hydrogen-bond donors (Lipinski definition) is 7. The first kappa shape index (κ1) is 51.9. The summed E-state index contributed by atoms with van der Waals surface area (Å²) in [5.41, 5.74) is 0. The maximum absolute atomic E-state index is 12.7. The first-order chi connectivity index (χ1) is 29.3. The molecule has 60 heavy (non-hydrogen) atoms. The molecule has 1 aliphatic carbocycles. The van der Waals surface area contributed by atoms with E-state index in [1.165, 1.54) is 51.4 Å². The molecule has 0 spiro atoms. The van der Waals surface area contributed by atoms with Crippen LogP contribution in [-0.4, -0.2) is 92.4 Å². The van der Waals surface area contributed by atoms with Gasteiger partial charge in [0, 0.05) is 54.0 Å². The third-order valence-corrected chi connectivity index (χ3v) is 8.91. The predicted octanol–water partition coefficient (Wildman–Crippen LogP) is 1.83. The van der Waals surface area contributed by atoms with Crippen LogP contribution in [0.2, 0.25) is 0 Å². The minimum Gasteiger partial charge on any atom is -0.396 e. The minimum atomic E-state index is -1.56. The van der Waals surface area contributed by atoms with E-state index >= 15 is 0 Å². The summed E-state index contributed by atoms with van der Waals surface area (Å²) >= 11 is 0. The maximum Gasteiger partial charge on any atom is 0.297 e. The molecule has 0 aromatic carbocycles. The fraction of sp³-hybridized carbons (Fsp3) is 0.510. The van der Waals surface area contributed by atoms with Crippen LogP contribution in [0.4, 0.5) is 0 Å². The number of unbranched alkanes of at least 4 members (excludes halogenated alkanes) is 11. The highest BCUT2D eigenvalue weighted by atomic mass is 16.5. The quantitative estimate of drug-likeness (QED) is 0.0726. The average Bonchev–Trinajstić information content (AvgIpc) is 3.25. The second-order valence-electron chi connectivity index (χ2n) is 13.5. The molecule has 0 aliphatic heterocycles. The van der Waals surface area contributed by atoms with Crippen LogP contribution in [0.1, 0.15) is 104 Å². The molecule has 0 saturated heterocycles. The van der Waals surface area contributed by atoms with Crippen LogP contribution in [-0.2, 0) is 9.53 Å². The zero-order chi connectivity index (χ0) is 43.9. The average molecular weight is 808 g/mol. The lowest BCUT2D eigenvalue weighted by Gasteiger charge is -2.40. The summed E-state index contributed by atoms with van der Waals surface area (Å²) in [5.74, 6) is 57.9. The molecule has 8 atom stereocenters. The Hall–Kier alpha value is -6.09. The van der Waals surface area contributed by atoms with Crippen molar-refractivity contribution in [2.75, 3.05) is 13.2 Å². The smallest absolute Gasteiger partial charge is 0.297 e. The molecule has 1 amide bonds. The van der Waals surface area contributed by atoms with E-state index in [1.807, 2.05) is 0 Å². The summed E-state index contributed by atoms with van der Waals surface area (Å²) in [6.07, 6.45) is 6.07. The van der Waals surface area contributed by atoms with E-state index in [1.54, 1.807) is 6.92 Å². The highest BCUT2D eigenvalue weighted by molar-refractivity contribution is 5.94. The Kier molecular flexibility index (Phi) is 31.2. The largest absolute Gasteiger partial charge is 0.396 e. The summed E-state index contributed by atoms with van der Waals surface area (Å²) < 4.78 is 5.79. The van der Waals surface area contributed by atoms with E-state index in [0.717, 1.165) is 19.3 Å². The molecular formula is C51H53NO8. The Balaban J connectivity index is 2.73. The minimum absolute atomic E-state index is 0.0172. The highest BCUT2D eigenvalue weighted by Crippen LogP contribution is 2.28. The fourth-order valence-corrected chi connectivity index (χ4v) is 5.69. The number of aliphatic hydroxyl groups is 6. The van der Waals surface area contributed by atoms with Gasteiger partial charge in [0.25, 0.3) is 5.91 Å². The molecule has 9 heteroatoms. The van der Waals surface area contributed by atoms with Crippen molar-refractivity contribution in [2.45, 2.75) is 146 Å². The maximum atomic E-state index is 12.7. The van der Waals surface area contributed by atoms with Gasteiger partial charge in [0.2, 0.25) is 0 Å². The number of carbonyl (C=O) groups excluding carboxylic acids is 1. The molecule has 1 rings (SSSR count). The molecule has 0 radical (unpaired) electrons. The molecule has 2 unspecified atom stereocenters. The van der Waals surface area contributed by atoms with Crippen molar-refractivity contribution in [1.29, 1.82) is 0 Å². The Labute approximate surface area is 358 Å². The lowest BCUT2D eigenvalue weighted by atomic mass is 9.81. The van der Waals surface area contributed by atoms with Gasteiger partial charge in [0.1, 0.15) is 18.3 Å². The van der Waals surface area contributed by atoms with Crippen LogP contribution < -0.4 is 5.32 Å². The van der Waals surface area contributed by atoms with Crippen LogP contribution in [0, 0.1) is 148 Å². The number of nitrogens with one attached hydrogen (secondary N) is 1. The number of ether oxygens (including phenoxy) is 1.